The molecule has 1 aromatic carbocycles. The molecule has 3 nitrogen and oxygen atoms in total. The molecule has 0 aliphatic rings. The van der Waals surface area contributed by atoms with Crippen LogP contribution in [0.1, 0.15) is 11.1 Å². The molecule has 0 saturated carbocycles. The smallest absolute Gasteiger partial charge is 0.133 e. The zero-order valence-corrected chi connectivity index (χ0v) is 13.8. The molecule has 0 fully saturated rings. The van der Waals surface area contributed by atoms with Crippen LogP contribution in [0, 0.1) is 0 Å². The summed E-state index contributed by atoms with van der Waals surface area (Å²) in [7, 11) is 2.03. The van der Waals surface area contributed by atoms with Gasteiger partial charge in [0.05, 0.1) is 0 Å². The lowest BCUT2D eigenvalue weighted by atomic mass is 10.2. The fourth-order valence-corrected chi connectivity index (χ4v) is 2.55. The topological polar surface area (TPSA) is 42.2 Å². The van der Waals surface area contributed by atoms with Crippen LogP contribution in [-0.2, 0) is 13.1 Å². The maximum Gasteiger partial charge on any atom is 0.133 e. The van der Waals surface area contributed by atoms with Crippen molar-refractivity contribution in [2.45, 2.75) is 13.1 Å². The number of halogens is 2. The lowest BCUT2D eigenvalue weighted by molar-refractivity contribution is 0.875. The van der Waals surface area contributed by atoms with Crippen molar-refractivity contribution in [3.05, 3.63) is 56.6 Å². The molecule has 0 bridgehead atoms. The number of nitrogens with two attached hydrogens (primary N) is 1. The Morgan fingerprint density at radius 3 is 2.47 bits per heavy atom. The molecule has 2 aromatic rings. The largest absolute Gasteiger partial charge is 0.355 e. The Balaban J connectivity index is 2.19. The van der Waals surface area contributed by atoms with Crippen molar-refractivity contribution in [2.75, 3.05) is 11.9 Å². The van der Waals surface area contributed by atoms with E-state index in [0.29, 0.717) is 6.54 Å². The number of benzene rings is 1. The summed E-state index contributed by atoms with van der Waals surface area (Å²) in [5.74, 6) is 0.925. The van der Waals surface area contributed by atoms with E-state index in [0.717, 1.165) is 26.9 Å². The minimum absolute atomic E-state index is 0.479. The van der Waals surface area contributed by atoms with Gasteiger partial charge in [-0.05, 0) is 39.7 Å². The van der Waals surface area contributed by atoms with Crippen molar-refractivity contribution >= 4 is 37.7 Å². The maximum absolute atomic E-state index is 5.78. The highest BCUT2D eigenvalue weighted by molar-refractivity contribution is 9.10. The van der Waals surface area contributed by atoms with E-state index in [1.807, 2.05) is 25.2 Å². The Labute approximate surface area is 130 Å². The predicted octanol–water partition coefficient (Wildman–Crippen LogP) is 3.70. The van der Waals surface area contributed by atoms with Crippen LogP contribution in [0.25, 0.3) is 0 Å². The van der Waals surface area contributed by atoms with Crippen LogP contribution in [0.5, 0.6) is 0 Å². The average Bonchev–Trinajstić information content (AvgIpc) is 2.41. The van der Waals surface area contributed by atoms with Gasteiger partial charge in [-0.25, -0.2) is 4.98 Å². The van der Waals surface area contributed by atoms with Gasteiger partial charge in [0.2, 0.25) is 0 Å². The molecule has 5 heteroatoms. The van der Waals surface area contributed by atoms with Crippen molar-refractivity contribution in [1.82, 2.24) is 4.98 Å². The summed E-state index contributed by atoms with van der Waals surface area (Å²) in [6.07, 6.45) is 1.80. The van der Waals surface area contributed by atoms with Crippen molar-refractivity contribution < 1.29 is 0 Å². The fourth-order valence-electron chi connectivity index (χ4n) is 1.91. The quantitative estimate of drug-likeness (QED) is 0.873. The summed E-state index contributed by atoms with van der Waals surface area (Å²) in [6, 6.07) is 10.3. The minimum atomic E-state index is 0.479. The van der Waals surface area contributed by atoms with E-state index in [1.165, 1.54) is 5.56 Å². The first kappa shape index (κ1) is 14.5. The molecular weight excluding hydrogens is 370 g/mol. The third-order valence-corrected chi connectivity index (χ3v) is 3.79. The number of pyridine rings is 1. The number of anilines is 1. The van der Waals surface area contributed by atoms with Crippen LogP contribution in [-0.4, -0.2) is 12.0 Å². The molecule has 19 heavy (non-hydrogen) atoms. The van der Waals surface area contributed by atoms with Crippen LogP contribution >= 0.6 is 31.9 Å². The first-order chi connectivity index (χ1) is 9.10. The summed E-state index contributed by atoms with van der Waals surface area (Å²) in [5.41, 5.74) is 8.05. The summed E-state index contributed by atoms with van der Waals surface area (Å²) in [5, 5.41) is 0. The number of hydrogen-bond acceptors (Lipinski definition) is 3. The normalized spacial score (nSPS) is 10.5. The highest BCUT2D eigenvalue weighted by Gasteiger charge is 2.09. The summed E-state index contributed by atoms with van der Waals surface area (Å²) in [6.45, 7) is 1.28. The van der Waals surface area contributed by atoms with E-state index in [1.54, 1.807) is 6.20 Å². The van der Waals surface area contributed by atoms with Gasteiger partial charge in [0.1, 0.15) is 5.82 Å². The van der Waals surface area contributed by atoms with Gasteiger partial charge in [-0.15, -0.1) is 0 Å². The molecule has 0 saturated heterocycles. The summed E-state index contributed by atoms with van der Waals surface area (Å²) < 4.78 is 2.04. The molecule has 0 aliphatic heterocycles. The summed E-state index contributed by atoms with van der Waals surface area (Å²) in [4.78, 5) is 6.56. The molecule has 0 spiro atoms. The standard InChI is InChI=1S/C14H15Br2N3/c1-19(9-10-2-4-12(15)5-3-10)14-11(7-17)6-13(16)8-18-14/h2-6,8H,7,9,17H2,1H3. The molecule has 2 N–H and O–H groups in total. The van der Waals surface area contributed by atoms with Crippen molar-refractivity contribution in [2.24, 2.45) is 5.73 Å². The third-order valence-electron chi connectivity index (χ3n) is 2.82. The Kier molecular flexibility index (Phi) is 4.96. The van der Waals surface area contributed by atoms with Gasteiger partial charge in [0, 0.05) is 40.8 Å². The van der Waals surface area contributed by atoms with Gasteiger partial charge in [-0.3, -0.25) is 0 Å². The lowest BCUT2D eigenvalue weighted by Gasteiger charge is -2.21. The number of rotatable bonds is 4. The van der Waals surface area contributed by atoms with E-state index in [2.05, 4.69) is 53.9 Å². The van der Waals surface area contributed by atoms with Crippen molar-refractivity contribution in [1.29, 1.82) is 0 Å². The Morgan fingerprint density at radius 2 is 1.84 bits per heavy atom. The zero-order chi connectivity index (χ0) is 13.8. The summed E-state index contributed by atoms with van der Waals surface area (Å²) >= 11 is 6.86. The van der Waals surface area contributed by atoms with Crippen LogP contribution in [0.15, 0.2) is 45.5 Å². The second-order valence-corrected chi connectivity index (χ2v) is 6.15. The van der Waals surface area contributed by atoms with E-state index >= 15 is 0 Å². The van der Waals surface area contributed by atoms with E-state index in [9.17, 15) is 0 Å². The minimum Gasteiger partial charge on any atom is -0.355 e. The third kappa shape index (κ3) is 3.78. The molecule has 2 rings (SSSR count). The van der Waals surface area contributed by atoms with Crippen LogP contribution in [0.3, 0.4) is 0 Å². The van der Waals surface area contributed by atoms with Gasteiger partial charge < -0.3 is 10.6 Å². The number of aromatic nitrogens is 1. The Bertz CT molecular complexity index is 555. The molecule has 0 radical (unpaired) electrons. The highest BCUT2D eigenvalue weighted by atomic mass is 79.9. The Morgan fingerprint density at radius 1 is 1.16 bits per heavy atom. The molecule has 0 unspecified atom stereocenters. The average molecular weight is 385 g/mol. The first-order valence-corrected chi connectivity index (χ1v) is 7.49. The molecule has 1 aromatic heterocycles. The molecular formula is C14H15Br2N3. The monoisotopic (exact) mass is 383 g/mol. The van der Waals surface area contributed by atoms with Gasteiger partial charge in [0.15, 0.2) is 0 Å². The van der Waals surface area contributed by atoms with Crippen molar-refractivity contribution in [3.63, 3.8) is 0 Å². The van der Waals surface area contributed by atoms with Gasteiger partial charge in [-0.2, -0.15) is 0 Å². The van der Waals surface area contributed by atoms with E-state index in [-0.39, 0.29) is 0 Å². The molecule has 1 heterocycles. The number of hydrogen-bond donors (Lipinski definition) is 1. The molecule has 100 valence electrons. The van der Waals surface area contributed by atoms with Gasteiger partial charge in [-0.1, -0.05) is 28.1 Å². The second-order valence-electron chi connectivity index (χ2n) is 4.32. The molecule has 0 atom stereocenters. The predicted molar refractivity (Wildman–Crippen MR) is 86.1 cm³/mol. The second kappa shape index (κ2) is 6.50. The van der Waals surface area contributed by atoms with Crippen molar-refractivity contribution in [3.8, 4) is 0 Å². The van der Waals surface area contributed by atoms with E-state index in [4.69, 9.17) is 5.73 Å². The first-order valence-electron chi connectivity index (χ1n) is 5.90. The fraction of sp³-hybridized carbons (Fsp3) is 0.214. The van der Waals surface area contributed by atoms with Crippen LogP contribution in [0.4, 0.5) is 5.82 Å². The Hall–Kier alpha value is -0.910. The van der Waals surface area contributed by atoms with Crippen LogP contribution in [0.2, 0.25) is 0 Å². The molecule has 0 aliphatic carbocycles. The highest BCUT2D eigenvalue weighted by Crippen LogP contribution is 2.22. The zero-order valence-electron chi connectivity index (χ0n) is 10.6. The maximum atomic E-state index is 5.78. The molecule has 0 amide bonds. The van der Waals surface area contributed by atoms with Crippen LogP contribution < -0.4 is 10.6 Å². The SMILES string of the molecule is CN(Cc1ccc(Br)cc1)c1ncc(Br)cc1CN. The lowest BCUT2D eigenvalue weighted by Crippen LogP contribution is -2.20. The van der Waals surface area contributed by atoms with E-state index < -0.39 is 0 Å². The van der Waals surface area contributed by atoms with Gasteiger partial charge >= 0.3 is 0 Å². The number of nitrogens with zero attached hydrogens (tertiary/aromatic N) is 2. The van der Waals surface area contributed by atoms with Gasteiger partial charge in [0.25, 0.3) is 0 Å².